The van der Waals surface area contributed by atoms with Gasteiger partial charge in [0.2, 0.25) is 0 Å². The predicted octanol–water partition coefficient (Wildman–Crippen LogP) is 1.69. The molecule has 0 atom stereocenters. The molecule has 0 fully saturated rings. The zero-order valence-corrected chi connectivity index (χ0v) is 10.3. The van der Waals surface area contributed by atoms with E-state index in [1.165, 1.54) is 11.0 Å². The van der Waals surface area contributed by atoms with Gasteiger partial charge in [-0.2, -0.15) is 0 Å². The van der Waals surface area contributed by atoms with Gasteiger partial charge in [-0.1, -0.05) is 17.7 Å². The summed E-state index contributed by atoms with van der Waals surface area (Å²) in [4.78, 5) is 1.26. The standard InChI is InChI=1S/C11H14ClF2N3O/c12-7-2-1-3-8(10(7)11(15)16)17(4-5-18)6-9(13)14/h1-3,9,18H,4-6H2,(H3,15,16). The van der Waals surface area contributed by atoms with E-state index in [1.807, 2.05) is 0 Å². The summed E-state index contributed by atoms with van der Waals surface area (Å²) in [6, 6.07) is 4.65. The van der Waals surface area contributed by atoms with Crippen LogP contribution in [0.3, 0.4) is 0 Å². The van der Waals surface area contributed by atoms with E-state index in [2.05, 4.69) is 0 Å². The topological polar surface area (TPSA) is 73.3 Å². The van der Waals surface area contributed by atoms with E-state index in [0.29, 0.717) is 5.69 Å². The largest absolute Gasteiger partial charge is 0.395 e. The van der Waals surface area contributed by atoms with Crippen molar-refractivity contribution in [1.82, 2.24) is 0 Å². The summed E-state index contributed by atoms with van der Waals surface area (Å²) in [5, 5.41) is 16.6. The van der Waals surface area contributed by atoms with Crippen molar-refractivity contribution >= 4 is 23.1 Å². The lowest BCUT2D eigenvalue weighted by molar-refractivity contribution is 0.153. The maximum absolute atomic E-state index is 12.5. The molecule has 0 spiro atoms. The molecule has 0 saturated carbocycles. The molecule has 1 aromatic rings. The molecule has 0 heterocycles. The second-order valence-electron chi connectivity index (χ2n) is 3.61. The summed E-state index contributed by atoms with van der Waals surface area (Å²) in [5.74, 6) is -0.298. The number of nitrogens with two attached hydrogens (primary N) is 1. The molecule has 100 valence electrons. The zero-order chi connectivity index (χ0) is 13.7. The number of hydrogen-bond donors (Lipinski definition) is 3. The molecule has 4 N–H and O–H groups in total. The highest BCUT2D eigenvalue weighted by molar-refractivity contribution is 6.34. The minimum absolute atomic E-state index is 0.0188. The Morgan fingerprint density at radius 3 is 2.67 bits per heavy atom. The Morgan fingerprint density at radius 1 is 1.50 bits per heavy atom. The van der Waals surface area contributed by atoms with Crippen molar-refractivity contribution in [1.29, 1.82) is 5.41 Å². The first-order valence-electron chi connectivity index (χ1n) is 5.24. The van der Waals surface area contributed by atoms with Gasteiger partial charge in [-0.3, -0.25) is 5.41 Å². The third-order valence-electron chi connectivity index (χ3n) is 2.33. The highest BCUT2D eigenvalue weighted by atomic mass is 35.5. The number of benzene rings is 1. The van der Waals surface area contributed by atoms with Crippen LogP contribution in [0.2, 0.25) is 5.02 Å². The molecule has 0 aromatic heterocycles. The van der Waals surface area contributed by atoms with Gasteiger partial charge in [-0.15, -0.1) is 0 Å². The number of nitrogens with one attached hydrogen (secondary N) is 1. The molecule has 7 heteroatoms. The Labute approximate surface area is 108 Å². The number of aliphatic hydroxyl groups excluding tert-OH is 1. The van der Waals surface area contributed by atoms with E-state index in [-0.39, 0.29) is 29.6 Å². The molecule has 0 saturated heterocycles. The van der Waals surface area contributed by atoms with Crippen LogP contribution in [0.25, 0.3) is 0 Å². The Morgan fingerprint density at radius 2 is 2.17 bits per heavy atom. The molecule has 0 aliphatic heterocycles. The number of nitrogens with zero attached hydrogens (tertiary/aromatic N) is 1. The molecular weight excluding hydrogens is 264 g/mol. The fraction of sp³-hybridized carbons (Fsp3) is 0.364. The SMILES string of the molecule is N=C(N)c1c(Cl)cccc1N(CCO)CC(F)F. The van der Waals surface area contributed by atoms with Crippen molar-refractivity contribution in [2.75, 3.05) is 24.6 Å². The lowest BCUT2D eigenvalue weighted by Gasteiger charge is -2.26. The Balaban J connectivity index is 3.18. The second-order valence-corrected chi connectivity index (χ2v) is 4.02. The van der Waals surface area contributed by atoms with E-state index in [9.17, 15) is 8.78 Å². The fourth-order valence-corrected chi connectivity index (χ4v) is 1.91. The van der Waals surface area contributed by atoms with E-state index in [1.54, 1.807) is 12.1 Å². The van der Waals surface area contributed by atoms with Gasteiger partial charge in [0.05, 0.1) is 23.7 Å². The van der Waals surface area contributed by atoms with Crippen LogP contribution in [-0.4, -0.2) is 37.1 Å². The van der Waals surface area contributed by atoms with Gasteiger partial charge in [0, 0.05) is 12.2 Å². The molecule has 0 aliphatic rings. The number of aliphatic hydroxyl groups is 1. The van der Waals surface area contributed by atoms with Crippen molar-refractivity contribution < 1.29 is 13.9 Å². The maximum Gasteiger partial charge on any atom is 0.255 e. The van der Waals surface area contributed by atoms with E-state index in [0.717, 1.165) is 0 Å². The number of alkyl halides is 2. The molecule has 1 rings (SSSR count). The first-order valence-corrected chi connectivity index (χ1v) is 5.62. The third kappa shape index (κ3) is 3.54. The molecule has 0 amide bonds. The van der Waals surface area contributed by atoms with Crippen LogP contribution in [0.1, 0.15) is 5.56 Å². The summed E-state index contributed by atoms with van der Waals surface area (Å²) in [5.41, 5.74) is 5.93. The summed E-state index contributed by atoms with van der Waals surface area (Å²) in [7, 11) is 0. The number of halogens is 3. The third-order valence-corrected chi connectivity index (χ3v) is 2.64. The van der Waals surface area contributed by atoms with Gasteiger partial charge in [0.15, 0.2) is 0 Å². The van der Waals surface area contributed by atoms with Crippen LogP contribution >= 0.6 is 11.6 Å². The van der Waals surface area contributed by atoms with E-state index < -0.39 is 13.0 Å². The van der Waals surface area contributed by atoms with Crippen molar-refractivity contribution in [2.45, 2.75) is 6.43 Å². The number of rotatable bonds is 6. The van der Waals surface area contributed by atoms with Crippen LogP contribution in [0, 0.1) is 5.41 Å². The summed E-state index contributed by atoms with van der Waals surface area (Å²) in [6.45, 7) is -0.817. The van der Waals surface area contributed by atoms with Crippen molar-refractivity contribution in [3.05, 3.63) is 28.8 Å². The second kappa shape index (κ2) is 6.51. The van der Waals surface area contributed by atoms with Crippen LogP contribution in [0.4, 0.5) is 14.5 Å². The number of amidine groups is 1. The lowest BCUT2D eigenvalue weighted by Crippen LogP contribution is -2.33. The smallest absolute Gasteiger partial charge is 0.255 e. The van der Waals surface area contributed by atoms with Crippen LogP contribution in [0.5, 0.6) is 0 Å². The normalized spacial score (nSPS) is 10.7. The van der Waals surface area contributed by atoms with Gasteiger partial charge in [-0.25, -0.2) is 8.78 Å². The van der Waals surface area contributed by atoms with Crippen molar-refractivity contribution in [3.8, 4) is 0 Å². The average Bonchev–Trinajstić information content (AvgIpc) is 2.27. The van der Waals surface area contributed by atoms with Crippen molar-refractivity contribution in [3.63, 3.8) is 0 Å². The Bertz CT molecular complexity index is 429. The van der Waals surface area contributed by atoms with Crippen LogP contribution in [-0.2, 0) is 0 Å². The van der Waals surface area contributed by atoms with Gasteiger partial charge < -0.3 is 15.7 Å². The van der Waals surface area contributed by atoms with Crippen LogP contribution in [0.15, 0.2) is 18.2 Å². The Hall–Kier alpha value is -1.40. The number of anilines is 1. The monoisotopic (exact) mass is 277 g/mol. The molecular formula is C11H14ClF2N3O. The van der Waals surface area contributed by atoms with Gasteiger partial charge in [0.25, 0.3) is 6.43 Å². The molecule has 0 unspecified atom stereocenters. The highest BCUT2D eigenvalue weighted by Crippen LogP contribution is 2.27. The summed E-state index contributed by atoms with van der Waals surface area (Å²) < 4.78 is 25.0. The Kier molecular flexibility index (Phi) is 5.30. The van der Waals surface area contributed by atoms with E-state index >= 15 is 0 Å². The number of nitrogen functional groups attached to an aromatic ring is 1. The first kappa shape index (κ1) is 14.7. The molecule has 4 nitrogen and oxygen atoms in total. The minimum atomic E-state index is -2.56. The predicted molar refractivity (Wildman–Crippen MR) is 67.8 cm³/mol. The summed E-state index contributed by atoms with van der Waals surface area (Å²) in [6.07, 6.45) is -2.56. The van der Waals surface area contributed by atoms with Crippen molar-refractivity contribution in [2.24, 2.45) is 5.73 Å². The fourth-order valence-electron chi connectivity index (χ4n) is 1.64. The highest BCUT2D eigenvalue weighted by Gasteiger charge is 2.18. The summed E-state index contributed by atoms with van der Waals surface area (Å²) >= 11 is 5.91. The maximum atomic E-state index is 12.5. The number of hydrogen-bond acceptors (Lipinski definition) is 3. The quantitative estimate of drug-likeness (QED) is 0.547. The van der Waals surface area contributed by atoms with Gasteiger partial charge in [0.1, 0.15) is 5.84 Å². The minimum Gasteiger partial charge on any atom is -0.395 e. The van der Waals surface area contributed by atoms with Crippen LogP contribution < -0.4 is 10.6 Å². The zero-order valence-electron chi connectivity index (χ0n) is 9.54. The van der Waals surface area contributed by atoms with Gasteiger partial charge in [-0.05, 0) is 12.1 Å². The molecule has 0 radical (unpaired) electrons. The lowest BCUT2D eigenvalue weighted by atomic mass is 10.1. The molecule has 0 aliphatic carbocycles. The molecule has 18 heavy (non-hydrogen) atoms. The molecule has 1 aromatic carbocycles. The molecule has 0 bridgehead atoms. The first-order chi connectivity index (χ1) is 8.47. The average molecular weight is 278 g/mol. The van der Waals surface area contributed by atoms with Gasteiger partial charge >= 0.3 is 0 Å². The van der Waals surface area contributed by atoms with E-state index in [4.69, 9.17) is 27.9 Å².